The van der Waals surface area contributed by atoms with Crippen LogP contribution in [0.2, 0.25) is 0 Å². The molecule has 0 atom stereocenters. The maximum atomic E-state index is 12.8. The van der Waals surface area contributed by atoms with Crippen LogP contribution in [0, 0.1) is 5.92 Å². The van der Waals surface area contributed by atoms with Gasteiger partial charge in [-0.1, -0.05) is 60.7 Å². The number of methoxy groups -OCH3 is 1. The first-order valence-corrected chi connectivity index (χ1v) is 10.9. The van der Waals surface area contributed by atoms with E-state index in [-0.39, 0.29) is 17.8 Å². The van der Waals surface area contributed by atoms with Gasteiger partial charge < -0.3 is 9.64 Å². The molecule has 0 spiro atoms. The third-order valence-electron chi connectivity index (χ3n) is 5.77. The molecule has 1 aliphatic heterocycles. The van der Waals surface area contributed by atoms with Crippen molar-refractivity contribution >= 4 is 18.0 Å². The van der Waals surface area contributed by atoms with Crippen molar-refractivity contribution in [2.45, 2.75) is 19.4 Å². The molecule has 0 unspecified atom stereocenters. The van der Waals surface area contributed by atoms with E-state index in [9.17, 15) is 9.59 Å². The molecule has 32 heavy (non-hydrogen) atoms. The molecule has 6 heteroatoms. The lowest BCUT2D eigenvalue weighted by atomic mass is 9.97. The summed E-state index contributed by atoms with van der Waals surface area (Å²) in [5, 5.41) is 4.79. The fourth-order valence-corrected chi connectivity index (χ4v) is 4.00. The van der Waals surface area contributed by atoms with Gasteiger partial charge in [-0.15, -0.1) is 0 Å². The molecule has 1 aliphatic rings. The zero-order valence-electron chi connectivity index (χ0n) is 18.2. The second-order valence-corrected chi connectivity index (χ2v) is 7.94. The second-order valence-electron chi connectivity index (χ2n) is 7.94. The summed E-state index contributed by atoms with van der Waals surface area (Å²) in [4.78, 5) is 26.3. The van der Waals surface area contributed by atoms with E-state index in [0.717, 1.165) is 22.4 Å². The number of piperidine rings is 1. The van der Waals surface area contributed by atoms with Crippen LogP contribution in [0.3, 0.4) is 0 Å². The van der Waals surface area contributed by atoms with Crippen LogP contribution < -0.4 is 0 Å². The molecule has 2 heterocycles. The molecular weight excluding hydrogens is 402 g/mol. The number of hydrogen-bond acceptors (Lipinski definition) is 4. The van der Waals surface area contributed by atoms with E-state index in [1.165, 1.54) is 7.11 Å². The van der Waals surface area contributed by atoms with Gasteiger partial charge in [0.15, 0.2) is 0 Å². The average molecular weight is 430 g/mol. The third kappa shape index (κ3) is 5.14. The minimum absolute atomic E-state index is 0.0527. The van der Waals surface area contributed by atoms with Crippen molar-refractivity contribution in [2.24, 2.45) is 5.92 Å². The number of carbonyl (C=O) groups excluding carboxylic acids is 2. The predicted octanol–water partition coefficient (Wildman–Crippen LogP) is 4.02. The lowest BCUT2D eigenvalue weighted by Crippen LogP contribution is -2.39. The number of likely N-dealkylation sites (tertiary alicyclic amines) is 1. The molecule has 3 aromatic rings. The highest BCUT2D eigenvalue weighted by Gasteiger charge is 2.27. The molecule has 2 aromatic carbocycles. The molecule has 0 radical (unpaired) electrons. The Kier molecular flexibility index (Phi) is 6.80. The summed E-state index contributed by atoms with van der Waals surface area (Å²) >= 11 is 0. The highest BCUT2D eigenvalue weighted by molar-refractivity contribution is 5.93. The quantitative estimate of drug-likeness (QED) is 0.439. The van der Waals surface area contributed by atoms with Crippen LogP contribution in [0.1, 0.15) is 24.0 Å². The first-order valence-electron chi connectivity index (χ1n) is 10.9. The molecule has 0 bridgehead atoms. The number of aromatic nitrogens is 2. The van der Waals surface area contributed by atoms with Crippen molar-refractivity contribution in [1.82, 2.24) is 14.7 Å². The van der Waals surface area contributed by atoms with Crippen LogP contribution in [0.5, 0.6) is 0 Å². The molecule has 1 saturated heterocycles. The van der Waals surface area contributed by atoms with E-state index < -0.39 is 0 Å². The molecule has 164 valence electrons. The van der Waals surface area contributed by atoms with Gasteiger partial charge in [0.05, 0.1) is 25.3 Å². The van der Waals surface area contributed by atoms with Crippen LogP contribution >= 0.6 is 0 Å². The van der Waals surface area contributed by atoms with Gasteiger partial charge in [-0.3, -0.25) is 14.3 Å². The molecular formula is C26H27N3O3. The lowest BCUT2D eigenvalue weighted by molar-refractivity contribution is -0.148. The van der Waals surface area contributed by atoms with Crippen molar-refractivity contribution in [2.75, 3.05) is 20.2 Å². The van der Waals surface area contributed by atoms with Crippen LogP contribution in [-0.2, 0) is 20.9 Å². The smallest absolute Gasteiger partial charge is 0.308 e. The summed E-state index contributed by atoms with van der Waals surface area (Å²) in [6.07, 6.45) is 6.69. The van der Waals surface area contributed by atoms with E-state index in [1.807, 2.05) is 65.5 Å². The van der Waals surface area contributed by atoms with Crippen molar-refractivity contribution in [3.63, 3.8) is 0 Å². The SMILES string of the molecule is COC(=O)C1CCN(C(=O)/C=C/c2cn(Cc3ccccc3)nc2-c2ccccc2)CC1. The summed E-state index contributed by atoms with van der Waals surface area (Å²) in [5.74, 6) is -0.358. The van der Waals surface area contributed by atoms with Crippen molar-refractivity contribution in [3.05, 3.63) is 84.1 Å². The second kappa shape index (κ2) is 10.1. The summed E-state index contributed by atoms with van der Waals surface area (Å²) in [5.41, 5.74) is 3.90. The van der Waals surface area contributed by atoms with E-state index in [0.29, 0.717) is 32.5 Å². The molecule has 1 aromatic heterocycles. The lowest BCUT2D eigenvalue weighted by Gasteiger charge is -2.29. The molecule has 6 nitrogen and oxygen atoms in total. The minimum Gasteiger partial charge on any atom is -0.469 e. The number of rotatable bonds is 6. The van der Waals surface area contributed by atoms with Crippen LogP contribution in [-0.4, -0.2) is 46.8 Å². The zero-order valence-corrected chi connectivity index (χ0v) is 18.2. The molecule has 0 saturated carbocycles. The van der Waals surface area contributed by atoms with E-state index in [1.54, 1.807) is 11.0 Å². The highest BCUT2D eigenvalue weighted by atomic mass is 16.5. The molecule has 0 aliphatic carbocycles. The largest absolute Gasteiger partial charge is 0.469 e. The number of nitrogens with zero attached hydrogens (tertiary/aromatic N) is 3. The third-order valence-corrected chi connectivity index (χ3v) is 5.77. The normalized spacial score (nSPS) is 14.6. The van der Waals surface area contributed by atoms with Crippen molar-refractivity contribution in [1.29, 1.82) is 0 Å². The Labute approximate surface area is 188 Å². The van der Waals surface area contributed by atoms with Gasteiger partial charge in [-0.2, -0.15) is 5.10 Å². The van der Waals surface area contributed by atoms with Gasteiger partial charge in [0, 0.05) is 36.5 Å². The molecule has 1 fully saturated rings. The van der Waals surface area contributed by atoms with Crippen LogP contribution in [0.15, 0.2) is 72.9 Å². The Morgan fingerprint density at radius 1 is 1.03 bits per heavy atom. The van der Waals surface area contributed by atoms with E-state index >= 15 is 0 Å². The monoisotopic (exact) mass is 429 g/mol. The first kappa shape index (κ1) is 21.6. The summed E-state index contributed by atoms with van der Waals surface area (Å²) in [6, 6.07) is 20.1. The fourth-order valence-electron chi connectivity index (χ4n) is 4.00. The number of hydrogen-bond donors (Lipinski definition) is 0. The number of carbonyl (C=O) groups is 2. The van der Waals surface area contributed by atoms with Gasteiger partial charge >= 0.3 is 5.97 Å². The molecule has 4 rings (SSSR count). The van der Waals surface area contributed by atoms with Gasteiger partial charge in [0.25, 0.3) is 0 Å². The number of amides is 1. The van der Waals surface area contributed by atoms with Gasteiger partial charge in [0.1, 0.15) is 0 Å². The Bertz CT molecular complexity index is 1080. The fraction of sp³-hybridized carbons (Fsp3) is 0.269. The highest BCUT2D eigenvalue weighted by Crippen LogP contribution is 2.24. The topological polar surface area (TPSA) is 64.4 Å². The summed E-state index contributed by atoms with van der Waals surface area (Å²) < 4.78 is 6.73. The van der Waals surface area contributed by atoms with Crippen molar-refractivity contribution in [3.8, 4) is 11.3 Å². The van der Waals surface area contributed by atoms with Gasteiger partial charge in [-0.05, 0) is 24.5 Å². The van der Waals surface area contributed by atoms with E-state index in [2.05, 4.69) is 12.1 Å². The average Bonchev–Trinajstić information content (AvgIpc) is 3.25. The summed E-state index contributed by atoms with van der Waals surface area (Å²) in [7, 11) is 1.41. The standard InChI is InChI=1S/C26H27N3O3/c1-32-26(31)22-14-16-28(17-15-22)24(30)13-12-23-19-29(18-20-8-4-2-5-9-20)27-25(23)21-10-6-3-7-11-21/h2-13,19,22H,14-18H2,1H3/b13-12+. The van der Waals surface area contributed by atoms with Crippen LogP contribution in [0.4, 0.5) is 0 Å². The van der Waals surface area contributed by atoms with E-state index in [4.69, 9.17) is 9.84 Å². The Hall–Kier alpha value is -3.67. The zero-order chi connectivity index (χ0) is 22.3. The summed E-state index contributed by atoms with van der Waals surface area (Å²) in [6.45, 7) is 1.77. The maximum Gasteiger partial charge on any atom is 0.308 e. The first-order chi connectivity index (χ1) is 15.6. The predicted molar refractivity (Wildman–Crippen MR) is 124 cm³/mol. The maximum absolute atomic E-state index is 12.8. The number of esters is 1. The number of benzene rings is 2. The van der Waals surface area contributed by atoms with Gasteiger partial charge in [-0.25, -0.2) is 0 Å². The molecule has 1 amide bonds. The van der Waals surface area contributed by atoms with Gasteiger partial charge in [0.2, 0.25) is 5.91 Å². The number of ether oxygens (including phenoxy) is 1. The Morgan fingerprint density at radius 3 is 2.34 bits per heavy atom. The van der Waals surface area contributed by atoms with Crippen molar-refractivity contribution < 1.29 is 14.3 Å². The Morgan fingerprint density at radius 2 is 1.69 bits per heavy atom. The molecule has 0 N–H and O–H groups in total. The Balaban J connectivity index is 1.51. The van der Waals surface area contributed by atoms with Crippen LogP contribution in [0.25, 0.3) is 17.3 Å². The minimum atomic E-state index is -0.189.